The number of rotatable bonds is 1. The molecule has 0 saturated carbocycles. The van der Waals surface area contributed by atoms with E-state index in [1.54, 1.807) is 6.07 Å². The maximum Gasteiger partial charge on any atom is 0.283 e. The Morgan fingerprint density at radius 1 is 1.21 bits per heavy atom. The van der Waals surface area contributed by atoms with E-state index in [9.17, 15) is 4.39 Å². The minimum atomic E-state index is -0.869. The topological polar surface area (TPSA) is 66.1 Å². The fourth-order valence-electron chi connectivity index (χ4n) is 4.70. The summed E-state index contributed by atoms with van der Waals surface area (Å²) in [5.74, 6) is -0.871. The van der Waals surface area contributed by atoms with Crippen LogP contribution in [0, 0.1) is 17.6 Å². The molecular formula is C21H19ClF2N2O3. The fourth-order valence-corrected chi connectivity index (χ4v) is 4.92. The van der Waals surface area contributed by atoms with Gasteiger partial charge in [0.2, 0.25) is 0 Å². The number of aliphatic imine (C=N–C) groups is 1. The van der Waals surface area contributed by atoms with Gasteiger partial charge in [0.05, 0.1) is 19.1 Å². The number of ether oxygens (including phenoxy) is 3. The molecule has 0 radical (unpaired) electrons. The molecule has 29 heavy (non-hydrogen) atoms. The smallest absolute Gasteiger partial charge is 0.283 e. The van der Waals surface area contributed by atoms with Gasteiger partial charge in [0.1, 0.15) is 35.1 Å². The van der Waals surface area contributed by atoms with Crippen LogP contribution >= 0.6 is 11.6 Å². The highest BCUT2D eigenvalue weighted by Gasteiger charge is 2.60. The molecule has 0 unspecified atom stereocenters. The van der Waals surface area contributed by atoms with Crippen LogP contribution in [-0.4, -0.2) is 31.4 Å². The van der Waals surface area contributed by atoms with Crippen molar-refractivity contribution in [2.24, 2.45) is 16.6 Å². The van der Waals surface area contributed by atoms with Crippen LogP contribution in [0.5, 0.6) is 5.75 Å². The fraction of sp³-hybridized carbons (Fsp3) is 0.381. The summed E-state index contributed by atoms with van der Waals surface area (Å²) < 4.78 is 46.5. The molecule has 0 aromatic heterocycles. The number of amidine groups is 1. The Hall–Kier alpha value is -2.38. The average molecular weight is 421 g/mol. The van der Waals surface area contributed by atoms with E-state index in [1.807, 2.05) is 6.92 Å². The predicted octanol–water partition coefficient (Wildman–Crippen LogP) is 4.01. The minimum Gasteiger partial charge on any atom is -0.486 e. The summed E-state index contributed by atoms with van der Waals surface area (Å²) in [4.78, 5) is 4.64. The summed E-state index contributed by atoms with van der Waals surface area (Å²) in [6.45, 7) is 3.14. The third kappa shape index (κ3) is 2.79. The Balaban J connectivity index is 1.74. The van der Waals surface area contributed by atoms with Gasteiger partial charge in [-0.05, 0) is 36.8 Å². The molecule has 1 spiro atoms. The summed E-state index contributed by atoms with van der Waals surface area (Å²) >= 11 is 5.98. The maximum atomic E-state index is 15.1. The van der Waals surface area contributed by atoms with Crippen molar-refractivity contribution < 1.29 is 23.0 Å². The molecular weight excluding hydrogens is 402 g/mol. The number of halogens is 3. The molecule has 2 N–H and O–H groups in total. The molecule has 2 aromatic carbocycles. The van der Waals surface area contributed by atoms with Crippen molar-refractivity contribution in [1.29, 1.82) is 0 Å². The second-order valence-corrected chi connectivity index (χ2v) is 8.38. The first-order valence-electron chi connectivity index (χ1n) is 9.36. The van der Waals surface area contributed by atoms with Crippen molar-refractivity contribution in [3.63, 3.8) is 0 Å². The van der Waals surface area contributed by atoms with Crippen molar-refractivity contribution >= 4 is 17.6 Å². The lowest BCUT2D eigenvalue weighted by Crippen LogP contribution is -2.59. The zero-order valence-electron chi connectivity index (χ0n) is 15.7. The minimum absolute atomic E-state index is 0.0745. The Morgan fingerprint density at radius 2 is 2.03 bits per heavy atom. The van der Waals surface area contributed by atoms with E-state index in [4.69, 9.17) is 31.5 Å². The molecule has 3 heterocycles. The molecule has 1 saturated heterocycles. The van der Waals surface area contributed by atoms with Gasteiger partial charge in [-0.1, -0.05) is 11.6 Å². The normalized spacial score (nSPS) is 30.2. The Kier molecular flexibility index (Phi) is 4.05. The van der Waals surface area contributed by atoms with Crippen LogP contribution in [0.4, 0.5) is 8.78 Å². The molecule has 152 valence electrons. The molecule has 5 nitrogen and oxygen atoms in total. The van der Waals surface area contributed by atoms with Crippen molar-refractivity contribution in [1.82, 2.24) is 0 Å². The predicted molar refractivity (Wildman–Crippen MR) is 104 cm³/mol. The van der Waals surface area contributed by atoms with E-state index < -0.39 is 22.8 Å². The Morgan fingerprint density at radius 3 is 2.76 bits per heavy atom. The van der Waals surface area contributed by atoms with Gasteiger partial charge in [-0.15, -0.1) is 0 Å². The lowest BCUT2D eigenvalue weighted by atomic mass is 9.66. The van der Waals surface area contributed by atoms with Crippen molar-refractivity contribution in [3.05, 3.63) is 52.6 Å². The summed E-state index contributed by atoms with van der Waals surface area (Å²) in [6.07, 6.45) is 0.636. The van der Waals surface area contributed by atoms with Gasteiger partial charge in [0, 0.05) is 28.6 Å². The number of nitrogens with zero attached hydrogens (tertiary/aromatic N) is 1. The van der Waals surface area contributed by atoms with E-state index in [1.165, 1.54) is 24.3 Å². The van der Waals surface area contributed by atoms with Gasteiger partial charge in [-0.2, -0.15) is 0 Å². The number of hydrogen-bond acceptors (Lipinski definition) is 5. The molecule has 0 amide bonds. The first kappa shape index (κ1) is 18.6. The van der Waals surface area contributed by atoms with Gasteiger partial charge in [0.25, 0.3) is 6.02 Å². The van der Waals surface area contributed by atoms with E-state index in [0.29, 0.717) is 36.5 Å². The second-order valence-electron chi connectivity index (χ2n) is 7.94. The lowest BCUT2D eigenvalue weighted by Gasteiger charge is -2.52. The summed E-state index contributed by atoms with van der Waals surface area (Å²) in [5, 5.41) is 0.183. The molecule has 3 aliphatic heterocycles. The number of benzene rings is 2. The zero-order chi connectivity index (χ0) is 20.4. The van der Waals surface area contributed by atoms with Crippen LogP contribution in [0.25, 0.3) is 11.1 Å². The summed E-state index contributed by atoms with van der Waals surface area (Å²) in [6, 6.07) is 6.96. The van der Waals surface area contributed by atoms with Crippen LogP contribution in [0.2, 0.25) is 5.02 Å². The standard InChI is InChI=1S/C21H19ClF2N2O3/c1-20-2-3-27-9-18(20)21(10-28-19(25)26-21)15-7-14(16(24)8-17(15)29-20)11-4-12(22)6-13(23)5-11/h4-8,18H,2-3,9-10H2,1H3,(H2,25,26)/t18-,20-,21+/m0/s1. The third-order valence-electron chi connectivity index (χ3n) is 6.14. The van der Waals surface area contributed by atoms with Gasteiger partial charge in [-0.3, -0.25) is 0 Å². The molecule has 1 fully saturated rings. The Bertz CT molecular complexity index is 1030. The van der Waals surface area contributed by atoms with Crippen molar-refractivity contribution in [2.45, 2.75) is 24.5 Å². The van der Waals surface area contributed by atoms with Crippen molar-refractivity contribution in [2.75, 3.05) is 19.8 Å². The monoisotopic (exact) mass is 420 g/mol. The van der Waals surface area contributed by atoms with E-state index in [0.717, 1.165) is 0 Å². The second kappa shape index (κ2) is 6.31. The van der Waals surface area contributed by atoms with Gasteiger partial charge in [-0.25, -0.2) is 13.8 Å². The number of nitrogens with two attached hydrogens (primary N) is 1. The molecule has 0 aliphatic carbocycles. The largest absolute Gasteiger partial charge is 0.486 e. The lowest BCUT2D eigenvalue weighted by molar-refractivity contribution is -0.129. The van der Waals surface area contributed by atoms with E-state index in [-0.39, 0.29) is 29.1 Å². The molecule has 3 atom stereocenters. The molecule has 2 aromatic rings. The molecule has 0 bridgehead atoms. The summed E-state index contributed by atoms with van der Waals surface area (Å²) in [7, 11) is 0. The number of fused-ring (bicyclic) bond motifs is 4. The van der Waals surface area contributed by atoms with Crippen LogP contribution < -0.4 is 10.5 Å². The average Bonchev–Trinajstić information content (AvgIpc) is 3.02. The zero-order valence-corrected chi connectivity index (χ0v) is 16.4. The third-order valence-corrected chi connectivity index (χ3v) is 6.36. The van der Waals surface area contributed by atoms with Crippen LogP contribution in [-0.2, 0) is 15.0 Å². The molecule has 5 rings (SSSR count). The van der Waals surface area contributed by atoms with Gasteiger partial charge >= 0.3 is 0 Å². The number of hydrogen-bond donors (Lipinski definition) is 1. The highest BCUT2D eigenvalue weighted by atomic mass is 35.5. The quantitative estimate of drug-likeness (QED) is 0.757. The first-order valence-corrected chi connectivity index (χ1v) is 9.74. The summed E-state index contributed by atoms with van der Waals surface area (Å²) in [5.41, 5.74) is 5.59. The highest BCUT2D eigenvalue weighted by molar-refractivity contribution is 6.30. The molecule has 3 aliphatic rings. The van der Waals surface area contributed by atoms with E-state index >= 15 is 4.39 Å². The maximum absolute atomic E-state index is 15.1. The Labute approximate surface area is 171 Å². The van der Waals surface area contributed by atoms with Crippen LogP contribution in [0.15, 0.2) is 35.3 Å². The van der Waals surface area contributed by atoms with Gasteiger partial charge < -0.3 is 19.9 Å². The van der Waals surface area contributed by atoms with Gasteiger partial charge in [0.15, 0.2) is 0 Å². The molecule has 8 heteroatoms. The van der Waals surface area contributed by atoms with Crippen molar-refractivity contribution in [3.8, 4) is 16.9 Å². The highest BCUT2D eigenvalue weighted by Crippen LogP contribution is 2.55. The van der Waals surface area contributed by atoms with Crippen LogP contribution in [0.1, 0.15) is 18.9 Å². The van der Waals surface area contributed by atoms with Crippen LogP contribution in [0.3, 0.4) is 0 Å². The first-order chi connectivity index (χ1) is 13.8. The van der Waals surface area contributed by atoms with E-state index in [2.05, 4.69) is 4.99 Å². The SMILES string of the molecule is C[C@]12CCOC[C@@H]1[C@@]1(COC(N)=N1)c1cc(-c3cc(F)cc(Cl)c3)c(F)cc1O2.